The molecule has 0 bridgehead atoms. The van der Waals surface area contributed by atoms with Crippen LogP contribution in [0.2, 0.25) is 5.15 Å². The summed E-state index contributed by atoms with van der Waals surface area (Å²) in [6.45, 7) is 3.55. The lowest BCUT2D eigenvalue weighted by atomic mass is 10.2. The van der Waals surface area contributed by atoms with Crippen molar-refractivity contribution >= 4 is 28.3 Å². The molecule has 23 heavy (non-hydrogen) atoms. The van der Waals surface area contributed by atoms with Crippen molar-refractivity contribution in [3.8, 4) is 0 Å². The van der Waals surface area contributed by atoms with Crippen molar-refractivity contribution in [2.75, 3.05) is 12.1 Å². The first-order valence-corrected chi connectivity index (χ1v) is 7.77. The number of ether oxygens (including phenoxy) is 1. The third kappa shape index (κ3) is 3.26. The molecule has 9 heteroatoms. The first kappa shape index (κ1) is 16.4. The third-order valence-electron chi connectivity index (χ3n) is 3.60. The van der Waals surface area contributed by atoms with Crippen LogP contribution in [0.15, 0.2) is 12.3 Å². The van der Waals surface area contributed by atoms with Crippen LogP contribution in [0.25, 0.3) is 11.0 Å². The molecule has 0 unspecified atom stereocenters. The lowest BCUT2D eigenvalue weighted by Crippen LogP contribution is -2.24. The Kier molecular flexibility index (Phi) is 4.69. The van der Waals surface area contributed by atoms with E-state index < -0.39 is 18.4 Å². The summed E-state index contributed by atoms with van der Waals surface area (Å²) in [6, 6.07) is 1.65. The normalized spacial score (nSPS) is 24.7. The van der Waals surface area contributed by atoms with Crippen molar-refractivity contribution in [3.05, 3.63) is 17.4 Å². The van der Waals surface area contributed by atoms with Gasteiger partial charge in [0.25, 0.3) is 0 Å². The van der Waals surface area contributed by atoms with Gasteiger partial charge in [-0.1, -0.05) is 11.6 Å². The van der Waals surface area contributed by atoms with Crippen LogP contribution in [-0.4, -0.2) is 49.9 Å². The van der Waals surface area contributed by atoms with E-state index in [9.17, 15) is 10.2 Å². The van der Waals surface area contributed by atoms with Gasteiger partial charge < -0.3 is 14.9 Å². The van der Waals surface area contributed by atoms with E-state index in [-0.39, 0.29) is 17.9 Å². The first-order chi connectivity index (χ1) is 11.0. The summed E-state index contributed by atoms with van der Waals surface area (Å²) in [5, 5.41) is 24.4. The summed E-state index contributed by atoms with van der Waals surface area (Å²) < 4.78 is 7.18. The highest BCUT2D eigenvalue weighted by Gasteiger charge is 2.35. The molecule has 3 N–H and O–H groups in total. The van der Waals surface area contributed by atoms with Crippen LogP contribution in [0.4, 0.5) is 5.69 Å². The topological polar surface area (TPSA) is 102 Å². The fourth-order valence-corrected chi connectivity index (χ4v) is 2.68. The van der Waals surface area contributed by atoms with Crippen molar-refractivity contribution in [1.82, 2.24) is 14.8 Å². The van der Waals surface area contributed by atoms with Crippen LogP contribution < -0.4 is 5.48 Å². The Morgan fingerprint density at radius 2 is 2.35 bits per heavy atom. The second kappa shape index (κ2) is 6.58. The number of fused-ring (bicyclic) bond motifs is 1. The molecule has 2 aromatic heterocycles. The zero-order chi connectivity index (χ0) is 16.6. The van der Waals surface area contributed by atoms with Crippen LogP contribution >= 0.6 is 11.6 Å². The number of halogens is 1. The summed E-state index contributed by atoms with van der Waals surface area (Å²) >= 11 is 6.08. The zero-order valence-electron chi connectivity index (χ0n) is 12.8. The van der Waals surface area contributed by atoms with E-state index in [0.717, 1.165) is 5.39 Å². The lowest BCUT2D eigenvalue weighted by molar-refractivity contribution is -0.0470. The summed E-state index contributed by atoms with van der Waals surface area (Å²) in [6.07, 6.45) is 0.0643. The van der Waals surface area contributed by atoms with Crippen molar-refractivity contribution in [1.29, 1.82) is 0 Å². The minimum Gasteiger partial charge on any atom is -0.394 e. The van der Waals surface area contributed by atoms with Gasteiger partial charge in [-0.25, -0.2) is 9.67 Å². The maximum Gasteiger partial charge on any atom is 0.164 e. The fourth-order valence-electron chi connectivity index (χ4n) is 2.49. The molecule has 3 rings (SSSR count). The van der Waals surface area contributed by atoms with Gasteiger partial charge in [-0.3, -0.25) is 10.3 Å². The Hall–Kier alpha value is -1.45. The van der Waals surface area contributed by atoms with Crippen LogP contribution in [0.1, 0.15) is 26.5 Å². The molecule has 3 heterocycles. The maximum atomic E-state index is 9.88. The van der Waals surface area contributed by atoms with Gasteiger partial charge in [-0.05, 0) is 13.8 Å². The van der Waals surface area contributed by atoms with E-state index in [4.69, 9.17) is 21.2 Å². The van der Waals surface area contributed by atoms with Gasteiger partial charge in [-0.15, -0.1) is 0 Å². The molecule has 0 aromatic carbocycles. The Morgan fingerprint density at radius 1 is 1.57 bits per heavy atom. The molecule has 0 radical (unpaired) electrons. The number of aliphatic hydroxyl groups excluding tert-OH is 2. The Bertz CT molecular complexity index is 693. The van der Waals surface area contributed by atoms with Crippen molar-refractivity contribution in [3.63, 3.8) is 0 Å². The van der Waals surface area contributed by atoms with Gasteiger partial charge in [0.15, 0.2) is 11.9 Å². The molecule has 126 valence electrons. The molecule has 1 aliphatic rings. The third-order valence-corrected chi connectivity index (χ3v) is 3.79. The van der Waals surface area contributed by atoms with E-state index in [1.54, 1.807) is 16.9 Å². The summed E-state index contributed by atoms with van der Waals surface area (Å²) in [7, 11) is 0. The largest absolute Gasteiger partial charge is 0.394 e. The summed E-state index contributed by atoms with van der Waals surface area (Å²) in [4.78, 5) is 9.69. The molecule has 8 nitrogen and oxygen atoms in total. The van der Waals surface area contributed by atoms with Crippen LogP contribution in [0.5, 0.6) is 0 Å². The molecule has 1 fully saturated rings. The van der Waals surface area contributed by atoms with Crippen molar-refractivity contribution in [2.45, 2.75) is 44.8 Å². The van der Waals surface area contributed by atoms with Crippen molar-refractivity contribution in [2.24, 2.45) is 0 Å². The summed E-state index contributed by atoms with van der Waals surface area (Å²) in [5.41, 5.74) is 4.02. The minimum atomic E-state index is -0.745. The molecular formula is C14H19ClN4O4. The molecule has 1 saturated heterocycles. The SMILES string of the molecule is CC(C)ONc1cc(Cl)nc2c1cnn2[C@H]1C[C@H](O)[C@@H](CO)O1. The minimum absolute atomic E-state index is 0.00865. The second-order valence-corrected chi connectivity index (χ2v) is 6.09. The Balaban J connectivity index is 1.94. The van der Waals surface area contributed by atoms with Gasteiger partial charge in [0.1, 0.15) is 11.3 Å². The number of aromatic nitrogens is 3. The van der Waals surface area contributed by atoms with Crippen LogP contribution in [0.3, 0.4) is 0 Å². The standard InChI is InChI=1S/C14H19ClN4O4/c1-7(2)23-18-9-3-12(15)17-14-8(9)5-16-19(14)13-4-10(21)11(6-20)22-13/h3,5,7,10-11,13,20-21H,4,6H2,1-2H3,(H,17,18)/t10-,11+,13+/m0/s1. The molecule has 3 atom stereocenters. The predicted octanol–water partition coefficient (Wildman–Crippen LogP) is 1.48. The highest BCUT2D eigenvalue weighted by molar-refractivity contribution is 6.30. The average molecular weight is 343 g/mol. The molecular weight excluding hydrogens is 324 g/mol. The molecule has 1 aliphatic heterocycles. The number of anilines is 1. The predicted molar refractivity (Wildman–Crippen MR) is 84.0 cm³/mol. The van der Waals surface area contributed by atoms with Crippen LogP contribution in [0, 0.1) is 0 Å². The van der Waals surface area contributed by atoms with Crippen LogP contribution in [-0.2, 0) is 9.57 Å². The monoisotopic (exact) mass is 342 g/mol. The smallest absolute Gasteiger partial charge is 0.164 e. The van der Waals surface area contributed by atoms with E-state index in [1.165, 1.54) is 0 Å². The molecule has 2 aromatic rings. The molecule has 0 aliphatic carbocycles. The number of nitrogens with zero attached hydrogens (tertiary/aromatic N) is 3. The number of nitrogens with one attached hydrogen (secondary N) is 1. The average Bonchev–Trinajstić information content (AvgIpc) is 3.07. The highest BCUT2D eigenvalue weighted by Crippen LogP contribution is 2.33. The van der Waals surface area contributed by atoms with E-state index in [1.807, 2.05) is 13.8 Å². The van der Waals surface area contributed by atoms with Gasteiger partial charge in [0.05, 0.1) is 36.1 Å². The zero-order valence-corrected chi connectivity index (χ0v) is 13.6. The van der Waals surface area contributed by atoms with Gasteiger partial charge in [0.2, 0.25) is 0 Å². The number of pyridine rings is 1. The quantitative estimate of drug-likeness (QED) is 0.558. The van der Waals surface area contributed by atoms with Gasteiger partial charge in [0, 0.05) is 12.5 Å². The van der Waals surface area contributed by atoms with E-state index >= 15 is 0 Å². The molecule has 0 saturated carbocycles. The number of hydrogen-bond acceptors (Lipinski definition) is 7. The summed E-state index contributed by atoms with van der Waals surface area (Å²) in [5.74, 6) is 0. The van der Waals surface area contributed by atoms with E-state index in [2.05, 4.69) is 15.6 Å². The molecule has 0 amide bonds. The Labute approximate surface area is 137 Å². The first-order valence-electron chi connectivity index (χ1n) is 7.39. The maximum absolute atomic E-state index is 9.88. The van der Waals surface area contributed by atoms with Gasteiger partial charge in [-0.2, -0.15) is 5.10 Å². The number of hydrogen-bond donors (Lipinski definition) is 3. The van der Waals surface area contributed by atoms with Gasteiger partial charge >= 0.3 is 0 Å². The van der Waals surface area contributed by atoms with E-state index in [0.29, 0.717) is 17.8 Å². The second-order valence-electron chi connectivity index (χ2n) is 5.70. The molecule has 0 spiro atoms. The lowest BCUT2D eigenvalue weighted by Gasteiger charge is -2.14. The number of aliphatic hydroxyl groups is 2. The Morgan fingerprint density at radius 3 is 3.00 bits per heavy atom. The van der Waals surface area contributed by atoms with Crippen molar-refractivity contribution < 1.29 is 19.8 Å². The fraction of sp³-hybridized carbons (Fsp3) is 0.571. The highest BCUT2D eigenvalue weighted by atomic mass is 35.5. The number of rotatable bonds is 5.